The van der Waals surface area contributed by atoms with E-state index in [1.807, 2.05) is 13.8 Å². The van der Waals surface area contributed by atoms with Crippen LogP contribution in [0.3, 0.4) is 0 Å². The van der Waals surface area contributed by atoms with Crippen molar-refractivity contribution in [1.82, 2.24) is 10.2 Å². The number of rotatable bonds is 10. The van der Waals surface area contributed by atoms with E-state index in [0.717, 1.165) is 10.6 Å². The molecule has 0 fully saturated rings. The second-order valence-corrected chi connectivity index (χ2v) is 11.2. The van der Waals surface area contributed by atoms with Crippen LogP contribution in [0.15, 0.2) is 42.5 Å². The van der Waals surface area contributed by atoms with Gasteiger partial charge in [0, 0.05) is 12.6 Å². The Morgan fingerprint density at radius 1 is 1.00 bits per heavy atom. The van der Waals surface area contributed by atoms with Crippen molar-refractivity contribution < 1.29 is 18.0 Å². The van der Waals surface area contributed by atoms with E-state index in [-0.39, 0.29) is 29.2 Å². The van der Waals surface area contributed by atoms with Gasteiger partial charge in [0.25, 0.3) is 0 Å². The zero-order valence-electron chi connectivity index (χ0n) is 19.4. The van der Waals surface area contributed by atoms with Crippen LogP contribution >= 0.6 is 34.8 Å². The molecule has 0 radical (unpaired) electrons. The molecule has 2 amide bonds. The zero-order valence-corrected chi connectivity index (χ0v) is 22.5. The summed E-state index contributed by atoms with van der Waals surface area (Å²) in [5.74, 6) is -0.906. The van der Waals surface area contributed by atoms with Gasteiger partial charge >= 0.3 is 0 Å². The number of carbonyl (C=O) groups excluding carboxylic acids is 2. The molecule has 0 unspecified atom stereocenters. The molecule has 1 atom stereocenters. The van der Waals surface area contributed by atoms with Gasteiger partial charge in [-0.25, -0.2) is 8.42 Å². The SMILES string of the molecule is CC[C@H](C(=O)NC(C)C)N(Cc1ccc(Cl)c(Cl)c1)C(=O)CN(c1ccccc1Cl)S(C)(=O)=O. The summed E-state index contributed by atoms with van der Waals surface area (Å²) in [6.45, 7) is 4.91. The number of benzene rings is 2. The first-order valence-electron chi connectivity index (χ1n) is 10.6. The third-order valence-corrected chi connectivity index (χ3v) is 7.14. The molecule has 2 rings (SSSR count). The fourth-order valence-electron chi connectivity index (χ4n) is 3.38. The quantitative estimate of drug-likeness (QED) is 0.464. The van der Waals surface area contributed by atoms with Crippen molar-refractivity contribution in [1.29, 1.82) is 0 Å². The summed E-state index contributed by atoms with van der Waals surface area (Å²) in [4.78, 5) is 27.9. The van der Waals surface area contributed by atoms with Crippen LogP contribution in [0.1, 0.15) is 32.8 Å². The first kappa shape index (κ1) is 28.2. The van der Waals surface area contributed by atoms with Gasteiger partial charge in [0.15, 0.2) is 0 Å². The first-order valence-corrected chi connectivity index (χ1v) is 13.6. The number of para-hydroxylation sites is 1. The lowest BCUT2D eigenvalue weighted by Gasteiger charge is -2.33. The molecule has 0 aliphatic rings. The Hall–Kier alpha value is -2.00. The van der Waals surface area contributed by atoms with Crippen molar-refractivity contribution in [3.8, 4) is 0 Å². The number of amides is 2. The maximum atomic E-state index is 13.6. The first-order chi connectivity index (χ1) is 15.8. The summed E-state index contributed by atoms with van der Waals surface area (Å²) in [5, 5.41) is 3.67. The molecule has 34 heavy (non-hydrogen) atoms. The number of nitrogens with zero attached hydrogens (tertiary/aromatic N) is 2. The summed E-state index contributed by atoms with van der Waals surface area (Å²) in [6, 6.07) is 10.3. The number of carbonyl (C=O) groups is 2. The average Bonchev–Trinajstić information content (AvgIpc) is 2.73. The van der Waals surface area contributed by atoms with Gasteiger partial charge in [0.2, 0.25) is 21.8 Å². The molecule has 0 heterocycles. The predicted octanol–water partition coefficient (Wildman–Crippen LogP) is 4.74. The van der Waals surface area contributed by atoms with Gasteiger partial charge in [-0.15, -0.1) is 0 Å². The van der Waals surface area contributed by atoms with E-state index in [0.29, 0.717) is 22.0 Å². The van der Waals surface area contributed by atoms with Gasteiger partial charge in [0.1, 0.15) is 12.6 Å². The highest BCUT2D eigenvalue weighted by molar-refractivity contribution is 7.92. The Morgan fingerprint density at radius 3 is 2.18 bits per heavy atom. The molecule has 1 N–H and O–H groups in total. The van der Waals surface area contributed by atoms with E-state index in [2.05, 4.69) is 5.32 Å². The number of anilines is 1. The Labute approximate surface area is 216 Å². The molecule has 0 spiro atoms. The number of nitrogens with one attached hydrogen (secondary N) is 1. The van der Waals surface area contributed by atoms with Gasteiger partial charge in [-0.1, -0.05) is 59.9 Å². The zero-order chi connectivity index (χ0) is 25.6. The molecule has 2 aromatic carbocycles. The lowest BCUT2D eigenvalue weighted by molar-refractivity contribution is -0.140. The number of hydrogen-bond donors (Lipinski definition) is 1. The fraction of sp³-hybridized carbons (Fsp3) is 0.391. The monoisotopic (exact) mass is 547 g/mol. The topological polar surface area (TPSA) is 86.8 Å². The van der Waals surface area contributed by atoms with Crippen molar-refractivity contribution in [2.24, 2.45) is 0 Å². The van der Waals surface area contributed by atoms with Crippen molar-refractivity contribution >= 4 is 62.3 Å². The Balaban J connectivity index is 2.48. The van der Waals surface area contributed by atoms with Crippen molar-refractivity contribution in [3.63, 3.8) is 0 Å². The van der Waals surface area contributed by atoms with Crippen LogP contribution in [0.2, 0.25) is 15.1 Å². The van der Waals surface area contributed by atoms with Crippen LogP contribution in [0.4, 0.5) is 5.69 Å². The molecular weight excluding hydrogens is 521 g/mol. The Morgan fingerprint density at radius 2 is 1.65 bits per heavy atom. The molecule has 0 bridgehead atoms. The molecule has 7 nitrogen and oxygen atoms in total. The van der Waals surface area contributed by atoms with E-state index in [4.69, 9.17) is 34.8 Å². The third kappa shape index (κ3) is 7.50. The minimum absolute atomic E-state index is 0.0276. The standard InChI is InChI=1S/C23H28Cl3N3O4S/c1-5-20(23(31)27-15(2)3)28(13-16-10-11-17(24)19(26)12-16)22(30)14-29(34(4,32)33)21-9-7-6-8-18(21)25/h6-12,15,20H,5,13-14H2,1-4H3,(H,27,31)/t20-/m1/s1. The third-order valence-electron chi connectivity index (χ3n) is 4.95. The van der Waals surface area contributed by atoms with Crippen LogP contribution in [0, 0.1) is 0 Å². The highest BCUT2D eigenvalue weighted by Crippen LogP contribution is 2.28. The maximum Gasteiger partial charge on any atom is 0.244 e. The van der Waals surface area contributed by atoms with Crippen molar-refractivity contribution in [2.75, 3.05) is 17.1 Å². The van der Waals surface area contributed by atoms with E-state index < -0.39 is 28.5 Å². The van der Waals surface area contributed by atoms with Gasteiger partial charge < -0.3 is 10.2 Å². The summed E-state index contributed by atoms with van der Waals surface area (Å²) in [6.07, 6.45) is 1.31. The van der Waals surface area contributed by atoms with Crippen LogP contribution in [-0.4, -0.2) is 50.0 Å². The van der Waals surface area contributed by atoms with Gasteiger partial charge in [0.05, 0.1) is 27.0 Å². The Bertz CT molecular complexity index is 1140. The van der Waals surface area contributed by atoms with Crippen molar-refractivity contribution in [3.05, 3.63) is 63.1 Å². The summed E-state index contributed by atoms with van der Waals surface area (Å²) in [5.41, 5.74) is 0.816. The minimum atomic E-state index is -3.86. The van der Waals surface area contributed by atoms with Crippen LogP contribution in [-0.2, 0) is 26.2 Å². The second-order valence-electron chi connectivity index (χ2n) is 8.08. The summed E-state index contributed by atoms with van der Waals surface area (Å²) < 4.78 is 26.1. The molecule has 0 saturated carbocycles. The van der Waals surface area contributed by atoms with E-state index >= 15 is 0 Å². The molecule has 0 aliphatic carbocycles. The van der Waals surface area contributed by atoms with Crippen LogP contribution in [0.5, 0.6) is 0 Å². The summed E-state index contributed by atoms with van der Waals surface area (Å²) in [7, 11) is -3.86. The maximum absolute atomic E-state index is 13.6. The van der Waals surface area contributed by atoms with Crippen molar-refractivity contribution in [2.45, 2.75) is 45.8 Å². The molecule has 186 valence electrons. The molecule has 11 heteroatoms. The van der Waals surface area contributed by atoms with E-state index in [9.17, 15) is 18.0 Å². The highest BCUT2D eigenvalue weighted by atomic mass is 35.5. The molecular formula is C23H28Cl3N3O4S. The molecule has 0 aliphatic heterocycles. The number of sulfonamides is 1. The average molecular weight is 549 g/mol. The lowest BCUT2D eigenvalue weighted by atomic mass is 10.1. The fourth-order valence-corrected chi connectivity index (χ4v) is 4.85. The van der Waals surface area contributed by atoms with E-state index in [1.165, 1.54) is 17.0 Å². The predicted molar refractivity (Wildman–Crippen MR) is 138 cm³/mol. The molecule has 0 saturated heterocycles. The molecule has 0 aromatic heterocycles. The smallest absolute Gasteiger partial charge is 0.244 e. The van der Waals surface area contributed by atoms with Gasteiger partial charge in [-0.05, 0) is 50.1 Å². The minimum Gasteiger partial charge on any atom is -0.352 e. The second kappa shape index (κ2) is 12.1. The number of halogens is 3. The Kier molecular flexibility index (Phi) is 10.1. The van der Waals surface area contributed by atoms with Gasteiger partial charge in [-0.3, -0.25) is 13.9 Å². The largest absolute Gasteiger partial charge is 0.352 e. The molecule has 2 aromatic rings. The van der Waals surface area contributed by atoms with Gasteiger partial charge in [-0.2, -0.15) is 0 Å². The van der Waals surface area contributed by atoms with E-state index in [1.54, 1.807) is 37.3 Å². The van der Waals surface area contributed by atoms with Crippen LogP contribution in [0.25, 0.3) is 0 Å². The lowest BCUT2D eigenvalue weighted by Crippen LogP contribution is -2.53. The highest BCUT2D eigenvalue weighted by Gasteiger charge is 2.32. The van der Waals surface area contributed by atoms with Crippen LogP contribution < -0.4 is 9.62 Å². The summed E-state index contributed by atoms with van der Waals surface area (Å²) >= 11 is 18.4. The normalized spacial score (nSPS) is 12.4. The number of hydrogen-bond acceptors (Lipinski definition) is 4.